The summed E-state index contributed by atoms with van der Waals surface area (Å²) in [6, 6.07) is 0. The SMILES string of the molecule is CC(C)/C=C(\CC(C)C(=O)OC(C)(C)C)C(=O)O. The number of hydrogen-bond donors (Lipinski definition) is 1. The smallest absolute Gasteiger partial charge is 0.331 e. The Morgan fingerprint density at radius 2 is 1.72 bits per heavy atom. The maximum absolute atomic E-state index is 11.8. The number of carboxylic acid groups (broad SMARTS) is 1. The summed E-state index contributed by atoms with van der Waals surface area (Å²) in [5.74, 6) is -1.65. The number of rotatable bonds is 5. The third-order valence-electron chi connectivity index (χ3n) is 2.14. The van der Waals surface area contributed by atoms with Gasteiger partial charge < -0.3 is 9.84 Å². The van der Waals surface area contributed by atoms with Crippen LogP contribution in [0.5, 0.6) is 0 Å². The first-order chi connectivity index (χ1) is 8.03. The van der Waals surface area contributed by atoms with Crippen LogP contribution in [0, 0.1) is 11.8 Å². The molecule has 0 aromatic rings. The Morgan fingerprint density at radius 1 is 1.22 bits per heavy atom. The number of hydrogen-bond acceptors (Lipinski definition) is 3. The quantitative estimate of drug-likeness (QED) is 0.606. The van der Waals surface area contributed by atoms with E-state index < -0.39 is 17.5 Å². The zero-order valence-electron chi connectivity index (χ0n) is 12.1. The molecule has 1 N–H and O–H groups in total. The summed E-state index contributed by atoms with van der Waals surface area (Å²) in [5.41, 5.74) is -0.278. The van der Waals surface area contributed by atoms with Crippen molar-refractivity contribution >= 4 is 11.9 Å². The summed E-state index contributed by atoms with van der Waals surface area (Å²) in [6.45, 7) is 10.9. The molecule has 0 heterocycles. The second-order valence-electron chi connectivity index (χ2n) is 5.88. The fraction of sp³-hybridized carbons (Fsp3) is 0.714. The van der Waals surface area contributed by atoms with E-state index in [4.69, 9.17) is 9.84 Å². The van der Waals surface area contributed by atoms with E-state index in [0.29, 0.717) is 0 Å². The number of carbonyl (C=O) groups excluding carboxylic acids is 1. The van der Waals surface area contributed by atoms with Gasteiger partial charge in [-0.25, -0.2) is 4.79 Å². The third-order valence-corrected chi connectivity index (χ3v) is 2.14. The highest BCUT2D eigenvalue weighted by molar-refractivity contribution is 5.87. The molecular formula is C14H24O4. The maximum atomic E-state index is 11.8. The van der Waals surface area contributed by atoms with Crippen molar-refractivity contribution in [2.45, 2.75) is 53.6 Å². The van der Waals surface area contributed by atoms with E-state index in [2.05, 4.69) is 0 Å². The molecule has 104 valence electrons. The van der Waals surface area contributed by atoms with E-state index in [1.807, 2.05) is 13.8 Å². The van der Waals surface area contributed by atoms with Crippen LogP contribution in [0.15, 0.2) is 11.6 Å². The van der Waals surface area contributed by atoms with Crippen LogP contribution in [-0.4, -0.2) is 22.6 Å². The van der Waals surface area contributed by atoms with E-state index in [0.717, 1.165) is 0 Å². The lowest BCUT2D eigenvalue weighted by Crippen LogP contribution is -2.28. The van der Waals surface area contributed by atoms with Crippen molar-refractivity contribution in [2.24, 2.45) is 11.8 Å². The molecule has 0 rings (SSSR count). The van der Waals surface area contributed by atoms with Gasteiger partial charge in [-0.15, -0.1) is 0 Å². The van der Waals surface area contributed by atoms with Crippen molar-refractivity contribution in [3.8, 4) is 0 Å². The van der Waals surface area contributed by atoms with Crippen LogP contribution in [-0.2, 0) is 14.3 Å². The molecule has 1 unspecified atom stereocenters. The molecule has 0 amide bonds. The number of allylic oxidation sites excluding steroid dienone is 1. The summed E-state index contributed by atoms with van der Waals surface area (Å²) in [6.07, 6.45) is 1.87. The largest absolute Gasteiger partial charge is 0.478 e. The van der Waals surface area contributed by atoms with Crippen LogP contribution >= 0.6 is 0 Å². The van der Waals surface area contributed by atoms with E-state index in [1.165, 1.54) is 0 Å². The molecule has 18 heavy (non-hydrogen) atoms. The molecule has 0 fully saturated rings. The van der Waals surface area contributed by atoms with Crippen molar-refractivity contribution in [3.63, 3.8) is 0 Å². The van der Waals surface area contributed by atoms with E-state index in [1.54, 1.807) is 33.8 Å². The molecule has 0 aliphatic carbocycles. The zero-order chi connectivity index (χ0) is 14.5. The maximum Gasteiger partial charge on any atom is 0.331 e. The number of esters is 1. The van der Waals surface area contributed by atoms with Gasteiger partial charge in [-0.05, 0) is 33.1 Å². The number of aliphatic carboxylic acids is 1. The van der Waals surface area contributed by atoms with Gasteiger partial charge in [-0.1, -0.05) is 26.8 Å². The zero-order valence-corrected chi connectivity index (χ0v) is 12.1. The number of ether oxygens (including phenoxy) is 1. The molecule has 0 aliphatic heterocycles. The predicted molar refractivity (Wildman–Crippen MR) is 70.2 cm³/mol. The van der Waals surface area contributed by atoms with Gasteiger partial charge in [0.1, 0.15) is 5.60 Å². The molecule has 1 atom stereocenters. The van der Waals surface area contributed by atoms with Gasteiger partial charge in [0.2, 0.25) is 0 Å². The Hall–Kier alpha value is -1.32. The topological polar surface area (TPSA) is 63.6 Å². The fourth-order valence-corrected chi connectivity index (χ4v) is 1.44. The van der Waals surface area contributed by atoms with Crippen molar-refractivity contribution in [3.05, 3.63) is 11.6 Å². The van der Waals surface area contributed by atoms with E-state index >= 15 is 0 Å². The molecule has 0 saturated heterocycles. The average molecular weight is 256 g/mol. The highest BCUT2D eigenvalue weighted by Gasteiger charge is 2.24. The monoisotopic (exact) mass is 256 g/mol. The Kier molecular flexibility index (Phi) is 6.09. The minimum atomic E-state index is -0.973. The molecule has 4 nitrogen and oxygen atoms in total. The van der Waals surface area contributed by atoms with Crippen molar-refractivity contribution < 1.29 is 19.4 Å². The summed E-state index contributed by atoms with van der Waals surface area (Å²) in [7, 11) is 0. The van der Waals surface area contributed by atoms with Crippen molar-refractivity contribution in [1.82, 2.24) is 0 Å². The molecule has 0 bridgehead atoms. The van der Waals surface area contributed by atoms with Gasteiger partial charge in [0.15, 0.2) is 0 Å². The molecule has 0 aromatic heterocycles. The normalized spacial score (nSPS) is 14.5. The Balaban J connectivity index is 4.67. The Morgan fingerprint density at radius 3 is 2.06 bits per heavy atom. The summed E-state index contributed by atoms with van der Waals surface area (Å²) in [5, 5.41) is 9.06. The summed E-state index contributed by atoms with van der Waals surface area (Å²) in [4.78, 5) is 22.8. The highest BCUT2D eigenvalue weighted by Crippen LogP contribution is 2.18. The minimum Gasteiger partial charge on any atom is -0.478 e. The molecule has 0 radical (unpaired) electrons. The van der Waals surface area contributed by atoms with Gasteiger partial charge in [0.05, 0.1) is 5.92 Å². The van der Waals surface area contributed by atoms with Crippen LogP contribution in [0.3, 0.4) is 0 Å². The summed E-state index contributed by atoms with van der Waals surface area (Å²) < 4.78 is 5.23. The van der Waals surface area contributed by atoms with Crippen LogP contribution in [0.25, 0.3) is 0 Å². The molecule has 0 spiro atoms. The minimum absolute atomic E-state index is 0.141. The molecule has 0 aliphatic rings. The fourth-order valence-electron chi connectivity index (χ4n) is 1.44. The van der Waals surface area contributed by atoms with Gasteiger partial charge in [-0.3, -0.25) is 4.79 Å². The molecule has 0 aromatic carbocycles. The van der Waals surface area contributed by atoms with Crippen molar-refractivity contribution in [1.29, 1.82) is 0 Å². The van der Waals surface area contributed by atoms with Crippen LogP contribution in [0.1, 0.15) is 48.0 Å². The van der Waals surface area contributed by atoms with Gasteiger partial charge in [0.25, 0.3) is 0 Å². The van der Waals surface area contributed by atoms with Crippen LogP contribution in [0.2, 0.25) is 0 Å². The number of carboxylic acids is 1. The third kappa shape index (κ3) is 7.09. The van der Waals surface area contributed by atoms with E-state index in [9.17, 15) is 9.59 Å². The Bertz CT molecular complexity index is 334. The van der Waals surface area contributed by atoms with Gasteiger partial charge in [-0.2, -0.15) is 0 Å². The second kappa shape index (κ2) is 6.57. The second-order valence-corrected chi connectivity index (χ2v) is 5.88. The number of carbonyl (C=O) groups is 2. The van der Waals surface area contributed by atoms with E-state index in [-0.39, 0.29) is 23.9 Å². The highest BCUT2D eigenvalue weighted by atomic mass is 16.6. The standard InChI is InChI=1S/C14H24O4/c1-9(2)7-11(12(15)16)8-10(3)13(17)18-14(4,5)6/h7,9-10H,8H2,1-6H3,(H,15,16)/b11-7+. The summed E-state index contributed by atoms with van der Waals surface area (Å²) >= 11 is 0. The van der Waals surface area contributed by atoms with Gasteiger partial charge in [0, 0.05) is 5.57 Å². The lowest BCUT2D eigenvalue weighted by atomic mass is 9.98. The van der Waals surface area contributed by atoms with Crippen molar-refractivity contribution in [2.75, 3.05) is 0 Å². The van der Waals surface area contributed by atoms with Crippen LogP contribution in [0.4, 0.5) is 0 Å². The molecular weight excluding hydrogens is 232 g/mol. The van der Waals surface area contributed by atoms with Crippen LogP contribution < -0.4 is 0 Å². The first-order valence-corrected chi connectivity index (χ1v) is 6.19. The lowest BCUT2D eigenvalue weighted by Gasteiger charge is -2.22. The lowest BCUT2D eigenvalue weighted by molar-refractivity contribution is -0.159. The first-order valence-electron chi connectivity index (χ1n) is 6.19. The first kappa shape index (κ1) is 16.7. The van der Waals surface area contributed by atoms with Gasteiger partial charge >= 0.3 is 11.9 Å². The molecule has 4 heteroatoms. The Labute approximate surface area is 109 Å². The molecule has 0 saturated carbocycles. The predicted octanol–water partition coefficient (Wildman–Crippen LogP) is 3.02. The average Bonchev–Trinajstić information content (AvgIpc) is 2.12.